The van der Waals surface area contributed by atoms with Crippen molar-refractivity contribution in [3.05, 3.63) is 23.8 Å². The van der Waals surface area contributed by atoms with Crippen LogP contribution < -0.4 is 5.32 Å². The zero-order valence-corrected chi connectivity index (χ0v) is 14.4. The molecule has 0 aromatic carbocycles. The lowest BCUT2D eigenvalue weighted by Gasteiger charge is -2.20. The Bertz CT molecular complexity index is 302. The molecule has 0 radical (unpaired) electrons. The first kappa shape index (κ1) is 18.6. The van der Waals surface area contributed by atoms with Crippen LogP contribution in [0.3, 0.4) is 0 Å². The first-order valence-electron chi connectivity index (χ1n) is 7.28. The molecule has 0 rings (SSSR count). The van der Waals surface area contributed by atoms with E-state index in [1.165, 1.54) is 31.3 Å². The molecule has 0 amide bonds. The molecule has 0 bridgehead atoms. The van der Waals surface area contributed by atoms with Crippen LogP contribution >= 0.6 is 15.9 Å². The van der Waals surface area contributed by atoms with Gasteiger partial charge in [0.25, 0.3) is 0 Å². The Balaban J connectivity index is 4.53. The molecule has 0 aromatic rings. The van der Waals surface area contributed by atoms with E-state index >= 15 is 0 Å². The molecule has 0 saturated carbocycles. The normalized spacial score (nSPS) is 15.7. The zero-order chi connectivity index (χ0) is 14.7. The van der Waals surface area contributed by atoms with E-state index in [2.05, 4.69) is 48.1 Å². The molecule has 0 aliphatic rings. The van der Waals surface area contributed by atoms with Crippen LogP contribution in [0.4, 0.5) is 0 Å². The topological polar surface area (TPSA) is 35.9 Å². The second kappa shape index (κ2) is 11.4. The van der Waals surface area contributed by atoms with Crippen molar-refractivity contribution in [1.82, 2.24) is 5.32 Å². The fourth-order valence-corrected chi connectivity index (χ4v) is 2.54. The van der Waals surface area contributed by atoms with Crippen molar-refractivity contribution in [3.8, 4) is 0 Å². The molecule has 110 valence electrons. The summed E-state index contributed by atoms with van der Waals surface area (Å²) in [5.41, 5.74) is 1.25. The Morgan fingerprint density at radius 2 is 2.00 bits per heavy atom. The number of hydrogen-bond acceptors (Lipinski definition) is 2. The average molecular weight is 329 g/mol. The summed E-state index contributed by atoms with van der Waals surface area (Å²) in [4.78, 5) is 0. The maximum absolute atomic E-state index is 7.33. The highest BCUT2D eigenvalue weighted by molar-refractivity contribution is 9.18. The molecule has 0 aromatic heterocycles. The number of allylic oxidation sites excluding steroid dienone is 4. The smallest absolute Gasteiger partial charge is 0.0966 e. The lowest BCUT2D eigenvalue weighted by Crippen LogP contribution is -2.21. The summed E-state index contributed by atoms with van der Waals surface area (Å²) < 4.78 is 0.423. The van der Waals surface area contributed by atoms with E-state index in [1.807, 2.05) is 13.1 Å². The molecule has 2 atom stereocenters. The number of rotatable bonds is 10. The van der Waals surface area contributed by atoms with Gasteiger partial charge in [0.15, 0.2) is 0 Å². The summed E-state index contributed by atoms with van der Waals surface area (Å²) in [6, 6.07) is 0. The van der Waals surface area contributed by atoms with E-state index in [-0.39, 0.29) is 0 Å². The van der Waals surface area contributed by atoms with Gasteiger partial charge < -0.3 is 5.32 Å². The lowest BCUT2D eigenvalue weighted by atomic mass is 9.88. The molecule has 0 fully saturated rings. The number of halogens is 1. The Morgan fingerprint density at radius 1 is 1.32 bits per heavy atom. The second-order valence-corrected chi connectivity index (χ2v) is 6.06. The van der Waals surface area contributed by atoms with Crippen LogP contribution in [-0.4, -0.2) is 18.2 Å². The molecule has 19 heavy (non-hydrogen) atoms. The molecule has 2 unspecified atom stereocenters. The third-order valence-electron chi connectivity index (χ3n) is 3.34. The SMILES string of the molecule is CCCC(CNC)CC(/C=C(C)/C=C\C(=N)Br)CC. The van der Waals surface area contributed by atoms with Gasteiger partial charge in [-0.25, -0.2) is 0 Å². The zero-order valence-electron chi connectivity index (χ0n) is 12.8. The van der Waals surface area contributed by atoms with E-state index in [0.29, 0.717) is 10.5 Å². The van der Waals surface area contributed by atoms with Gasteiger partial charge in [0.2, 0.25) is 0 Å². The van der Waals surface area contributed by atoms with Crippen molar-refractivity contribution in [2.45, 2.75) is 46.5 Å². The van der Waals surface area contributed by atoms with Crippen molar-refractivity contribution in [3.63, 3.8) is 0 Å². The fraction of sp³-hybridized carbons (Fsp3) is 0.688. The molecule has 0 aliphatic carbocycles. The average Bonchev–Trinajstić information content (AvgIpc) is 2.36. The summed E-state index contributed by atoms with van der Waals surface area (Å²) in [5, 5.41) is 10.6. The minimum Gasteiger partial charge on any atom is -0.319 e. The quantitative estimate of drug-likeness (QED) is 0.433. The predicted octanol–water partition coefficient (Wildman–Crippen LogP) is 4.91. The molecule has 2 nitrogen and oxygen atoms in total. The Hall–Kier alpha value is -0.410. The van der Waals surface area contributed by atoms with E-state index in [4.69, 9.17) is 5.41 Å². The Kier molecular flexibility index (Phi) is 11.2. The van der Waals surface area contributed by atoms with Crippen LogP contribution in [0.2, 0.25) is 0 Å². The standard InChI is InChI=1S/C16H29BrN2/c1-5-7-15(12-19-4)11-14(6-2)10-13(3)8-9-16(17)18/h8-10,14-15,18-19H,5-7,11-12H2,1-4H3/b9-8-,13-10+,18-16?. The molecule has 0 spiro atoms. The molecule has 2 N–H and O–H groups in total. The first-order valence-corrected chi connectivity index (χ1v) is 8.07. The van der Waals surface area contributed by atoms with Gasteiger partial charge in [0.1, 0.15) is 0 Å². The van der Waals surface area contributed by atoms with E-state index in [0.717, 1.165) is 12.5 Å². The third-order valence-corrected chi connectivity index (χ3v) is 3.61. The van der Waals surface area contributed by atoms with Gasteiger partial charge in [-0.05, 0) is 73.6 Å². The first-order chi connectivity index (χ1) is 9.03. The summed E-state index contributed by atoms with van der Waals surface area (Å²) in [6.07, 6.45) is 11.1. The van der Waals surface area contributed by atoms with Crippen LogP contribution in [0, 0.1) is 17.2 Å². The Morgan fingerprint density at radius 3 is 2.47 bits per heavy atom. The van der Waals surface area contributed by atoms with Crippen molar-refractivity contribution in [2.75, 3.05) is 13.6 Å². The van der Waals surface area contributed by atoms with E-state index in [9.17, 15) is 0 Å². The van der Waals surface area contributed by atoms with Crippen molar-refractivity contribution >= 4 is 20.6 Å². The maximum atomic E-state index is 7.33. The van der Waals surface area contributed by atoms with Gasteiger partial charge >= 0.3 is 0 Å². The summed E-state index contributed by atoms with van der Waals surface area (Å²) >= 11 is 3.13. The van der Waals surface area contributed by atoms with Gasteiger partial charge in [-0.15, -0.1) is 0 Å². The van der Waals surface area contributed by atoms with Gasteiger partial charge in [0, 0.05) is 0 Å². The molecule has 0 aliphatic heterocycles. The number of nitrogens with one attached hydrogen (secondary N) is 2. The van der Waals surface area contributed by atoms with Crippen molar-refractivity contribution in [1.29, 1.82) is 5.41 Å². The fourth-order valence-electron chi connectivity index (χ4n) is 2.41. The van der Waals surface area contributed by atoms with E-state index < -0.39 is 0 Å². The third kappa shape index (κ3) is 10.1. The molecule has 0 saturated heterocycles. The minimum atomic E-state index is 0.423. The minimum absolute atomic E-state index is 0.423. The van der Waals surface area contributed by atoms with Crippen molar-refractivity contribution < 1.29 is 0 Å². The van der Waals surface area contributed by atoms with Crippen LogP contribution in [0.5, 0.6) is 0 Å². The van der Waals surface area contributed by atoms with Crippen LogP contribution in [-0.2, 0) is 0 Å². The summed E-state index contributed by atoms with van der Waals surface area (Å²) in [7, 11) is 2.04. The van der Waals surface area contributed by atoms with Gasteiger partial charge in [0.05, 0.1) is 4.62 Å². The Labute approximate surface area is 127 Å². The summed E-state index contributed by atoms with van der Waals surface area (Å²) in [5.74, 6) is 1.40. The largest absolute Gasteiger partial charge is 0.319 e. The lowest BCUT2D eigenvalue weighted by molar-refractivity contribution is 0.372. The van der Waals surface area contributed by atoms with Crippen LogP contribution in [0.15, 0.2) is 23.8 Å². The summed E-state index contributed by atoms with van der Waals surface area (Å²) in [6.45, 7) is 7.74. The highest BCUT2D eigenvalue weighted by atomic mass is 79.9. The molecular weight excluding hydrogens is 300 g/mol. The van der Waals surface area contributed by atoms with Gasteiger partial charge in [-0.2, -0.15) is 0 Å². The molecule has 0 heterocycles. The van der Waals surface area contributed by atoms with E-state index in [1.54, 1.807) is 6.08 Å². The van der Waals surface area contributed by atoms with Crippen LogP contribution in [0.1, 0.15) is 46.5 Å². The second-order valence-electron chi connectivity index (χ2n) is 5.21. The van der Waals surface area contributed by atoms with Gasteiger partial charge in [-0.1, -0.05) is 38.0 Å². The molecular formula is C16H29BrN2. The molecule has 3 heteroatoms. The predicted molar refractivity (Wildman–Crippen MR) is 90.3 cm³/mol. The highest BCUT2D eigenvalue weighted by Gasteiger charge is 2.12. The monoisotopic (exact) mass is 328 g/mol. The highest BCUT2D eigenvalue weighted by Crippen LogP contribution is 2.22. The maximum Gasteiger partial charge on any atom is 0.0966 e. The van der Waals surface area contributed by atoms with Gasteiger partial charge in [-0.3, -0.25) is 5.41 Å². The van der Waals surface area contributed by atoms with Crippen LogP contribution in [0.25, 0.3) is 0 Å². The van der Waals surface area contributed by atoms with Crippen molar-refractivity contribution in [2.24, 2.45) is 11.8 Å². The number of hydrogen-bond donors (Lipinski definition) is 2.